The topological polar surface area (TPSA) is 66.9 Å². The molecule has 1 amide bonds. The van der Waals surface area contributed by atoms with Crippen LogP contribution in [0.5, 0.6) is 0 Å². The van der Waals surface area contributed by atoms with Gasteiger partial charge in [0.15, 0.2) is 0 Å². The van der Waals surface area contributed by atoms with Crippen LogP contribution in [0.1, 0.15) is 42.8 Å². The standard InChI is InChI=1S/C16H20N4OS/c1-10-18-15(13-5-14(6-13)20-11(2)21)7-16(19-10)17-8-12-3-4-22-9-12/h3-4,7,9,13-14H,5-6,8H2,1-2H3,(H,20,21)(H,17,18,19). The Balaban J connectivity index is 1.62. The fourth-order valence-electron chi connectivity index (χ4n) is 2.74. The number of carbonyl (C=O) groups excluding carboxylic acids is 1. The Labute approximate surface area is 134 Å². The molecule has 0 bridgehead atoms. The molecule has 0 radical (unpaired) electrons. The maximum Gasteiger partial charge on any atom is 0.217 e. The van der Waals surface area contributed by atoms with Gasteiger partial charge in [-0.2, -0.15) is 11.3 Å². The summed E-state index contributed by atoms with van der Waals surface area (Å²) in [5, 5.41) is 10.5. The van der Waals surface area contributed by atoms with Crippen LogP contribution in [0.2, 0.25) is 0 Å². The maximum absolute atomic E-state index is 11.1. The van der Waals surface area contributed by atoms with E-state index in [4.69, 9.17) is 0 Å². The molecule has 0 atom stereocenters. The van der Waals surface area contributed by atoms with Gasteiger partial charge in [-0.25, -0.2) is 9.97 Å². The Bertz CT molecular complexity index is 650. The molecule has 22 heavy (non-hydrogen) atoms. The van der Waals surface area contributed by atoms with Crippen molar-refractivity contribution in [2.24, 2.45) is 0 Å². The van der Waals surface area contributed by atoms with Gasteiger partial charge in [-0.05, 0) is 42.2 Å². The minimum Gasteiger partial charge on any atom is -0.366 e. The molecule has 1 aliphatic rings. The van der Waals surface area contributed by atoms with E-state index in [0.717, 1.165) is 36.7 Å². The molecule has 1 aliphatic carbocycles. The largest absolute Gasteiger partial charge is 0.366 e. The number of hydrogen-bond acceptors (Lipinski definition) is 5. The van der Waals surface area contributed by atoms with E-state index in [1.54, 1.807) is 18.3 Å². The van der Waals surface area contributed by atoms with Gasteiger partial charge in [0, 0.05) is 37.2 Å². The van der Waals surface area contributed by atoms with Gasteiger partial charge in [0.1, 0.15) is 11.6 Å². The number of nitrogens with zero attached hydrogens (tertiary/aromatic N) is 2. The minimum atomic E-state index is 0.0421. The highest BCUT2D eigenvalue weighted by Crippen LogP contribution is 2.36. The molecule has 0 spiro atoms. The van der Waals surface area contributed by atoms with Crippen molar-refractivity contribution in [2.75, 3.05) is 5.32 Å². The molecule has 0 aromatic carbocycles. The Morgan fingerprint density at radius 2 is 2.23 bits per heavy atom. The molecule has 2 aromatic heterocycles. The summed E-state index contributed by atoms with van der Waals surface area (Å²) in [6.07, 6.45) is 1.92. The third kappa shape index (κ3) is 3.62. The van der Waals surface area contributed by atoms with Crippen LogP contribution in [0, 0.1) is 6.92 Å². The summed E-state index contributed by atoms with van der Waals surface area (Å²) in [5.74, 6) is 2.12. The van der Waals surface area contributed by atoms with E-state index < -0.39 is 0 Å². The van der Waals surface area contributed by atoms with Gasteiger partial charge in [0.25, 0.3) is 0 Å². The Morgan fingerprint density at radius 3 is 2.91 bits per heavy atom. The quantitative estimate of drug-likeness (QED) is 0.890. The second-order valence-electron chi connectivity index (χ2n) is 5.78. The van der Waals surface area contributed by atoms with Crippen LogP contribution in [-0.2, 0) is 11.3 Å². The second kappa shape index (κ2) is 6.44. The van der Waals surface area contributed by atoms with Gasteiger partial charge in [-0.15, -0.1) is 0 Å². The van der Waals surface area contributed by atoms with Gasteiger partial charge in [-0.1, -0.05) is 0 Å². The van der Waals surface area contributed by atoms with Crippen molar-refractivity contribution in [1.29, 1.82) is 0 Å². The zero-order valence-corrected chi connectivity index (χ0v) is 13.6. The van der Waals surface area contributed by atoms with Gasteiger partial charge in [-0.3, -0.25) is 4.79 Å². The molecule has 6 heteroatoms. The number of hydrogen-bond donors (Lipinski definition) is 2. The highest BCUT2D eigenvalue weighted by atomic mass is 32.1. The summed E-state index contributed by atoms with van der Waals surface area (Å²) in [6, 6.07) is 4.44. The average Bonchev–Trinajstić information content (AvgIpc) is 2.92. The van der Waals surface area contributed by atoms with Crippen LogP contribution in [0.4, 0.5) is 5.82 Å². The van der Waals surface area contributed by atoms with Crippen LogP contribution >= 0.6 is 11.3 Å². The van der Waals surface area contributed by atoms with Crippen molar-refractivity contribution in [3.63, 3.8) is 0 Å². The number of nitrogens with one attached hydrogen (secondary N) is 2. The fourth-order valence-corrected chi connectivity index (χ4v) is 3.41. The molecule has 2 N–H and O–H groups in total. The van der Waals surface area contributed by atoms with Gasteiger partial charge in [0.05, 0.1) is 0 Å². The molecule has 3 rings (SSSR count). The summed E-state index contributed by atoms with van der Waals surface area (Å²) in [5.41, 5.74) is 2.33. The van der Waals surface area contributed by atoms with Crippen molar-refractivity contribution >= 4 is 23.1 Å². The van der Waals surface area contributed by atoms with Crippen LogP contribution in [0.15, 0.2) is 22.9 Å². The summed E-state index contributed by atoms with van der Waals surface area (Å²) in [7, 11) is 0. The van der Waals surface area contributed by atoms with E-state index in [2.05, 4.69) is 37.4 Å². The molecular weight excluding hydrogens is 296 g/mol. The first-order valence-corrected chi connectivity index (χ1v) is 8.42. The molecule has 0 saturated heterocycles. The Morgan fingerprint density at radius 1 is 1.41 bits per heavy atom. The number of amides is 1. The predicted molar refractivity (Wildman–Crippen MR) is 88.0 cm³/mol. The number of aryl methyl sites for hydroxylation is 1. The van der Waals surface area contributed by atoms with E-state index in [9.17, 15) is 4.79 Å². The average molecular weight is 316 g/mol. The van der Waals surface area contributed by atoms with Crippen molar-refractivity contribution in [2.45, 2.75) is 45.2 Å². The number of aromatic nitrogens is 2. The van der Waals surface area contributed by atoms with Crippen molar-refractivity contribution in [1.82, 2.24) is 15.3 Å². The zero-order valence-electron chi connectivity index (χ0n) is 12.8. The van der Waals surface area contributed by atoms with Gasteiger partial charge < -0.3 is 10.6 Å². The number of rotatable bonds is 5. The summed E-state index contributed by atoms with van der Waals surface area (Å²) < 4.78 is 0. The van der Waals surface area contributed by atoms with E-state index in [1.807, 2.05) is 13.0 Å². The SMILES string of the molecule is CC(=O)NC1CC(c2cc(NCc3ccsc3)nc(C)n2)C1. The minimum absolute atomic E-state index is 0.0421. The lowest BCUT2D eigenvalue weighted by Crippen LogP contribution is -2.42. The zero-order chi connectivity index (χ0) is 15.5. The monoisotopic (exact) mass is 316 g/mol. The first-order chi connectivity index (χ1) is 10.6. The van der Waals surface area contributed by atoms with E-state index in [1.165, 1.54) is 5.56 Å². The molecule has 2 heterocycles. The first-order valence-electron chi connectivity index (χ1n) is 7.48. The van der Waals surface area contributed by atoms with E-state index in [0.29, 0.717) is 12.0 Å². The molecule has 0 unspecified atom stereocenters. The smallest absolute Gasteiger partial charge is 0.217 e. The third-order valence-electron chi connectivity index (χ3n) is 3.88. The molecule has 116 valence electrons. The lowest BCUT2D eigenvalue weighted by molar-refractivity contribution is -0.120. The molecular formula is C16H20N4OS. The summed E-state index contributed by atoms with van der Waals surface area (Å²) >= 11 is 1.70. The molecule has 0 aliphatic heterocycles. The molecule has 2 aromatic rings. The lowest BCUT2D eigenvalue weighted by atomic mass is 9.78. The fraction of sp³-hybridized carbons (Fsp3) is 0.438. The highest BCUT2D eigenvalue weighted by molar-refractivity contribution is 7.07. The number of thiophene rings is 1. The Kier molecular flexibility index (Phi) is 4.38. The lowest BCUT2D eigenvalue weighted by Gasteiger charge is -2.35. The maximum atomic E-state index is 11.1. The highest BCUT2D eigenvalue weighted by Gasteiger charge is 2.32. The third-order valence-corrected chi connectivity index (χ3v) is 4.61. The van der Waals surface area contributed by atoms with Crippen LogP contribution < -0.4 is 10.6 Å². The number of carbonyl (C=O) groups is 1. The van der Waals surface area contributed by atoms with Crippen LogP contribution in [-0.4, -0.2) is 21.9 Å². The van der Waals surface area contributed by atoms with Crippen molar-refractivity contribution in [3.05, 3.63) is 40.0 Å². The summed E-state index contributed by atoms with van der Waals surface area (Å²) in [6.45, 7) is 4.26. The normalized spacial score (nSPS) is 20.3. The van der Waals surface area contributed by atoms with Crippen LogP contribution in [0.25, 0.3) is 0 Å². The Hall–Kier alpha value is -1.95. The predicted octanol–water partition coefficient (Wildman–Crippen LogP) is 2.84. The molecule has 1 fully saturated rings. The van der Waals surface area contributed by atoms with E-state index >= 15 is 0 Å². The van der Waals surface area contributed by atoms with Crippen molar-refractivity contribution < 1.29 is 4.79 Å². The second-order valence-corrected chi connectivity index (χ2v) is 6.56. The van der Waals surface area contributed by atoms with Gasteiger partial charge in [0.2, 0.25) is 5.91 Å². The molecule has 5 nitrogen and oxygen atoms in total. The van der Waals surface area contributed by atoms with Crippen LogP contribution in [0.3, 0.4) is 0 Å². The number of anilines is 1. The van der Waals surface area contributed by atoms with Crippen molar-refractivity contribution in [3.8, 4) is 0 Å². The molecule has 1 saturated carbocycles. The van der Waals surface area contributed by atoms with Gasteiger partial charge >= 0.3 is 0 Å². The summed E-state index contributed by atoms with van der Waals surface area (Å²) in [4.78, 5) is 20.1. The first kappa shape index (κ1) is 15.0. The van der Waals surface area contributed by atoms with E-state index in [-0.39, 0.29) is 5.91 Å².